The fourth-order valence-corrected chi connectivity index (χ4v) is 2.16. The Balaban J connectivity index is 2.09. The second kappa shape index (κ2) is 5.21. The van der Waals surface area contributed by atoms with Crippen LogP contribution in [-0.4, -0.2) is 16.0 Å². The molecule has 1 aliphatic carbocycles. The van der Waals surface area contributed by atoms with E-state index in [1.165, 1.54) is 19.3 Å². The van der Waals surface area contributed by atoms with Gasteiger partial charge in [-0.1, -0.05) is 31.4 Å². The Morgan fingerprint density at radius 2 is 2.12 bits per heavy atom. The Kier molecular flexibility index (Phi) is 3.87. The Bertz CT molecular complexity index is 402. The van der Waals surface area contributed by atoms with E-state index in [1.807, 2.05) is 13.8 Å². The van der Waals surface area contributed by atoms with Gasteiger partial charge in [0.25, 0.3) is 0 Å². The molecule has 1 aromatic rings. The fraction of sp³-hybridized carbons (Fsp3) is 0.692. The third kappa shape index (κ3) is 3.32. The zero-order chi connectivity index (χ0) is 12.4. The lowest BCUT2D eigenvalue weighted by Crippen LogP contribution is -2.18. The standard InChI is InChI=1S/C13H20ClN3/c1-4-11-16-12(14)9(3)13(17-11)15-8(2)7-10-5-6-10/h8,10H,4-7H2,1-3H3,(H,15,16,17). The van der Waals surface area contributed by atoms with Crippen molar-refractivity contribution in [3.05, 3.63) is 16.5 Å². The Hall–Kier alpha value is -0.830. The molecule has 1 N–H and O–H groups in total. The predicted molar refractivity (Wildman–Crippen MR) is 71.6 cm³/mol. The highest BCUT2D eigenvalue weighted by molar-refractivity contribution is 6.30. The monoisotopic (exact) mass is 253 g/mol. The highest BCUT2D eigenvalue weighted by Crippen LogP contribution is 2.34. The van der Waals surface area contributed by atoms with Crippen LogP contribution in [0.4, 0.5) is 5.82 Å². The van der Waals surface area contributed by atoms with Crippen molar-refractivity contribution in [1.29, 1.82) is 0 Å². The minimum Gasteiger partial charge on any atom is -0.367 e. The first kappa shape index (κ1) is 12.6. The Morgan fingerprint density at radius 1 is 1.41 bits per heavy atom. The molecule has 0 aliphatic heterocycles. The van der Waals surface area contributed by atoms with Gasteiger partial charge in [-0.15, -0.1) is 0 Å². The summed E-state index contributed by atoms with van der Waals surface area (Å²) in [5, 5.41) is 4.03. The zero-order valence-electron chi connectivity index (χ0n) is 10.8. The molecule has 0 radical (unpaired) electrons. The molecule has 1 atom stereocenters. The van der Waals surface area contributed by atoms with Gasteiger partial charge in [0.15, 0.2) is 0 Å². The van der Waals surface area contributed by atoms with Gasteiger partial charge in [-0.05, 0) is 26.2 Å². The van der Waals surface area contributed by atoms with Gasteiger partial charge < -0.3 is 5.32 Å². The number of aryl methyl sites for hydroxylation is 1. The molecule has 1 aromatic heterocycles. The summed E-state index contributed by atoms with van der Waals surface area (Å²) in [7, 11) is 0. The van der Waals surface area contributed by atoms with Crippen LogP contribution >= 0.6 is 11.6 Å². The van der Waals surface area contributed by atoms with Gasteiger partial charge in [0.2, 0.25) is 0 Å². The SMILES string of the molecule is CCc1nc(Cl)c(C)c(NC(C)CC2CC2)n1. The first-order valence-corrected chi connectivity index (χ1v) is 6.77. The molecule has 3 nitrogen and oxygen atoms in total. The van der Waals surface area contributed by atoms with Crippen LogP contribution in [-0.2, 0) is 6.42 Å². The van der Waals surface area contributed by atoms with Crippen molar-refractivity contribution in [2.45, 2.75) is 52.5 Å². The number of nitrogens with one attached hydrogen (secondary N) is 1. The molecule has 0 saturated heterocycles. The third-order valence-corrected chi connectivity index (χ3v) is 3.58. The van der Waals surface area contributed by atoms with Crippen molar-refractivity contribution in [3.63, 3.8) is 0 Å². The average molecular weight is 254 g/mol. The molecule has 17 heavy (non-hydrogen) atoms. The van der Waals surface area contributed by atoms with Crippen LogP contribution in [0.2, 0.25) is 5.15 Å². The molecule has 0 aromatic carbocycles. The number of rotatable bonds is 5. The Labute approximate surface area is 108 Å². The van der Waals surface area contributed by atoms with Crippen molar-refractivity contribution < 1.29 is 0 Å². The summed E-state index contributed by atoms with van der Waals surface area (Å²) in [5.41, 5.74) is 0.950. The minimum atomic E-state index is 0.455. The molecule has 2 rings (SSSR count). The number of anilines is 1. The molecule has 1 saturated carbocycles. The van der Waals surface area contributed by atoms with E-state index in [4.69, 9.17) is 11.6 Å². The van der Waals surface area contributed by atoms with E-state index in [0.29, 0.717) is 11.2 Å². The normalized spacial score (nSPS) is 16.9. The molecule has 4 heteroatoms. The van der Waals surface area contributed by atoms with Crippen LogP contribution in [0.15, 0.2) is 0 Å². The van der Waals surface area contributed by atoms with E-state index < -0.39 is 0 Å². The summed E-state index contributed by atoms with van der Waals surface area (Å²) in [4.78, 5) is 8.76. The lowest BCUT2D eigenvalue weighted by atomic mass is 10.1. The van der Waals surface area contributed by atoms with Gasteiger partial charge in [-0.3, -0.25) is 0 Å². The molecule has 0 spiro atoms. The first-order valence-electron chi connectivity index (χ1n) is 6.39. The maximum Gasteiger partial charge on any atom is 0.137 e. The first-order chi connectivity index (χ1) is 8.10. The van der Waals surface area contributed by atoms with E-state index in [9.17, 15) is 0 Å². The number of nitrogens with zero attached hydrogens (tertiary/aromatic N) is 2. The molecular weight excluding hydrogens is 234 g/mol. The number of aromatic nitrogens is 2. The smallest absolute Gasteiger partial charge is 0.137 e. The highest BCUT2D eigenvalue weighted by atomic mass is 35.5. The summed E-state index contributed by atoms with van der Waals surface area (Å²) in [6.07, 6.45) is 4.81. The molecule has 1 heterocycles. The molecule has 0 amide bonds. The van der Waals surface area contributed by atoms with E-state index in [1.54, 1.807) is 0 Å². The second-order valence-corrected chi connectivity index (χ2v) is 5.34. The van der Waals surface area contributed by atoms with Crippen LogP contribution in [0.1, 0.15) is 44.5 Å². The van der Waals surface area contributed by atoms with E-state index in [-0.39, 0.29) is 0 Å². The number of hydrogen-bond donors (Lipinski definition) is 1. The summed E-state index contributed by atoms with van der Waals surface area (Å²) in [6.45, 7) is 6.21. The van der Waals surface area contributed by atoms with Crippen molar-refractivity contribution in [1.82, 2.24) is 9.97 Å². The van der Waals surface area contributed by atoms with Gasteiger partial charge in [0.05, 0.1) is 0 Å². The van der Waals surface area contributed by atoms with Crippen molar-refractivity contribution in [2.75, 3.05) is 5.32 Å². The maximum absolute atomic E-state index is 6.11. The van der Waals surface area contributed by atoms with Crippen molar-refractivity contribution in [3.8, 4) is 0 Å². The van der Waals surface area contributed by atoms with Gasteiger partial charge >= 0.3 is 0 Å². The lowest BCUT2D eigenvalue weighted by molar-refractivity contribution is 0.638. The van der Waals surface area contributed by atoms with Crippen molar-refractivity contribution in [2.24, 2.45) is 5.92 Å². The third-order valence-electron chi connectivity index (χ3n) is 3.22. The highest BCUT2D eigenvalue weighted by Gasteiger charge is 2.24. The summed E-state index contributed by atoms with van der Waals surface area (Å²) < 4.78 is 0. The second-order valence-electron chi connectivity index (χ2n) is 4.98. The molecular formula is C13H20ClN3. The van der Waals surface area contributed by atoms with Crippen LogP contribution in [0.3, 0.4) is 0 Å². The topological polar surface area (TPSA) is 37.8 Å². The van der Waals surface area contributed by atoms with Gasteiger partial charge in [0, 0.05) is 18.0 Å². The fourth-order valence-electron chi connectivity index (χ4n) is 1.98. The minimum absolute atomic E-state index is 0.455. The number of halogens is 1. The predicted octanol–water partition coefficient (Wildman–Crippen LogP) is 3.60. The van der Waals surface area contributed by atoms with E-state index in [0.717, 1.165) is 29.5 Å². The average Bonchev–Trinajstić information content (AvgIpc) is 3.08. The summed E-state index contributed by atoms with van der Waals surface area (Å²) >= 11 is 6.11. The molecule has 0 bridgehead atoms. The van der Waals surface area contributed by atoms with Crippen LogP contribution < -0.4 is 5.32 Å². The van der Waals surface area contributed by atoms with Gasteiger partial charge in [0.1, 0.15) is 16.8 Å². The van der Waals surface area contributed by atoms with Crippen molar-refractivity contribution >= 4 is 17.4 Å². The molecule has 1 aliphatic rings. The lowest BCUT2D eigenvalue weighted by Gasteiger charge is -2.16. The molecule has 1 unspecified atom stereocenters. The largest absolute Gasteiger partial charge is 0.367 e. The molecule has 1 fully saturated rings. The van der Waals surface area contributed by atoms with E-state index >= 15 is 0 Å². The zero-order valence-corrected chi connectivity index (χ0v) is 11.5. The summed E-state index contributed by atoms with van der Waals surface area (Å²) in [6, 6.07) is 0.455. The van der Waals surface area contributed by atoms with E-state index in [2.05, 4.69) is 22.2 Å². The molecule has 94 valence electrons. The van der Waals surface area contributed by atoms with Crippen LogP contribution in [0.25, 0.3) is 0 Å². The quantitative estimate of drug-likeness (QED) is 0.815. The maximum atomic E-state index is 6.11. The summed E-state index contributed by atoms with van der Waals surface area (Å²) in [5.74, 6) is 2.62. The number of hydrogen-bond acceptors (Lipinski definition) is 3. The van der Waals surface area contributed by atoms with Gasteiger partial charge in [-0.2, -0.15) is 0 Å². The van der Waals surface area contributed by atoms with Crippen LogP contribution in [0, 0.1) is 12.8 Å². The Morgan fingerprint density at radius 3 is 2.71 bits per heavy atom. The van der Waals surface area contributed by atoms with Crippen LogP contribution in [0.5, 0.6) is 0 Å². The van der Waals surface area contributed by atoms with Gasteiger partial charge in [-0.25, -0.2) is 9.97 Å².